The highest BCUT2D eigenvalue weighted by Gasteiger charge is 2.26. The van der Waals surface area contributed by atoms with Gasteiger partial charge in [0.15, 0.2) is 0 Å². The topological polar surface area (TPSA) is 65.8 Å². The Bertz CT molecular complexity index is 1020. The van der Waals surface area contributed by atoms with Crippen molar-refractivity contribution in [2.45, 2.75) is 19.4 Å². The summed E-state index contributed by atoms with van der Waals surface area (Å²) in [7, 11) is 1.86. The molecule has 0 spiro atoms. The number of aryl methyl sites for hydroxylation is 1. The van der Waals surface area contributed by atoms with E-state index in [-0.39, 0.29) is 11.9 Å². The van der Waals surface area contributed by atoms with Crippen LogP contribution in [0.2, 0.25) is 0 Å². The molecular formula is C26H32N6O. The van der Waals surface area contributed by atoms with Crippen LogP contribution in [0.1, 0.15) is 36.1 Å². The molecule has 1 aromatic heterocycles. The number of carbonyl (C=O) groups excluding carboxylic acids is 1. The molecule has 0 bridgehead atoms. The van der Waals surface area contributed by atoms with Gasteiger partial charge < -0.3 is 4.90 Å². The largest absolute Gasteiger partial charge is 0.300 e. The summed E-state index contributed by atoms with van der Waals surface area (Å²) in [5, 5.41) is 8.34. The minimum Gasteiger partial charge on any atom is -0.300 e. The number of hydrogen-bond donors (Lipinski definition) is 1. The fourth-order valence-electron chi connectivity index (χ4n) is 4.26. The van der Waals surface area contributed by atoms with Gasteiger partial charge in [-0.2, -0.15) is 10.2 Å². The molecule has 1 saturated heterocycles. The molecule has 0 saturated carbocycles. The zero-order chi connectivity index (χ0) is 23.0. The molecule has 1 fully saturated rings. The van der Waals surface area contributed by atoms with Gasteiger partial charge >= 0.3 is 0 Å². The lowest BCUT2D eigenvalue weighted by Crippen LogP contribution is -2.48. The van der Waals surface area contributed by atoms with Gasteiger partial charge in [-0.05, 0) is 18.1 Å². The van der Waals surface area contributed by atoms with Crippen LogP contribution in [0.3, 0.4) is 0 Å². The van der Waals surface area contributed by atoms with Crippen LogP contribution in [0.4, 0.5) is 0 Å². The van der Waals surface area contributed by atoms with Crippen molar-refractivity contribution < 1.29 is 4.79 Å². The highest BCUT2D eigenvalue weighted by atomic mass is 16.2. The van der Waals surface area contributed by atoms with Gasteiger partial charge in [0, 0.05) is 58.0 Å². The zero-order valence-electron chi connectivity index (χ0n) is 19.4. The normalized spacial score (nSPS) is 15.7. The van der Waals surface area contributed by atoms with Crippen LogP contribution < -0.4 is 5.43 Å². The van der Waals surface area contributed by atoms with Crippen molar-refractivity contribution >= 4 is 11.6 Å². The van der Waals surface area contributed by atoms with E-state index in [4.69, 9.17) is 0 Å². The molecule has 33 heavy (non-hydrogen) atoms. The second-order valence-electron chi connectivity index (χ2n) is 8.49. The minimum atomic E-state index is -0.0629. The maximum absolute atomic E-state index is 12.3. The van der Waals surface area contributed by atoms with Gasteiger partial charge in [-0.25, -0.2) is 5.43 Å². The van der Waals surface area contributed by atoms with Crippen LogP contribution in [0, 0.1) is 0 Å². The van der Waals surface area contributed by atoms with Gasteiger partial charge in [0.2, 0.25) is 5.91 Å². The average molecular weight is 445 g/mol. The highest BCUT2D eigenvalue weighted by Crippen LogP contribution is 2.29. The Balaban J connectivity index is 1.28. The van der Waals surface area contributed by atoms with Gasteiger partial charge in [-0.3, -0.25) is 14.4 Å². The molecule has 1 N–H and O–H groups in total. The molecule has 4 rings (SSSR count). The minimum absolute atomic E-state index is 0.0629. The molecule has 1 amide bonds. The molecule has 7 heteroatoms. The Morgan fingerprint density at radius 3 is 2.15 bits per heavy atom. The van der Waals surface area contributed by atoms with E-state index in [1.165, 1.54) is 11.1 Å². The molecule has 0 atom stereocenters. The van der Waals surface area contributed by atoms with Gasteiger partial charge in [-0.1, -0.05) is 60.7 Å². The Morgan fingerprint density at radius 2 is 1.61 bits per heavy atom. The second-order valence-corrected chi connectivity index (χ2v) is 8.49. The Morgan fingerprint density at radius 1 is 1.00 bits per heavy atom. The Kier molecular flexibility index (Phi) is 7.65. The first kappa shape index (κ1) is 22.9. The molecule has 2 heterocycles. The quantitative estimate of drug-likeness (QED) is 0.428. The number of rotatable bonds is 8. The average Bonchev–Trinajstić information content (AvgIpc) is 3.30. The van der Waals surface area contributed by atoms with Crippen molar-refractivity contribution in [2.75, 3.05) is 32.7 Å². The summed E-state index contributed by atoms with van der Waals surface area (Å²) in [5.74, 6) is -0.0629. The van der Waals surface area contributed by atoms with E-state index in [2.05, 4.69) is 86.1 Å². The monoisotopic (exact) mass is 444 g/mol. The summed E-state index contributed by atoms with van der Waals surface area (Å²) >= 11 is 0. The first-order chi connectivity index (χ1) is 16.1. The maximum Gasteiger partial charge on any atom is 0.241 e. The molecule has 1 aliphatic rings. The maximum atomic E-state index is 12.3. The molecule has 0 unspecified atom stereocenters. The van der Waals surface area contributed by atoms with Crippen molar-refractivity contribution in [3.05, 3.63) is 89.7 Å². The molecule has 2 aromatic carbocycles. The van der Waals surface area contributed by atoms with Crippen LogP contribution >= 0.6 is 0 Å². The van der Waals surface area contributed by atoms with Crippen molar-refractivity contribution in [2.24, 2.45) is 12.1 Å². The number of nitrogens with one attached hydrogen (secondary N) is 1. The molecule has 0 radical (unpaired) electrons. The predicted octanol–water partition coefficient (Wildman–Crippen LogP) is 3.06. The van der Waals surface area contributed by atoms with Crippen LogP contribution in [-0.4, -0.2) is 63.9 Å². The van der Waals surface area contributed by atoms with E-state index in [1.54, 1.807) is 10.9 Å². The first-order valence-corrected chi connectivity index (χ1v) is 11.5. The molecule has 172 valence electrons. The number of piperazine rings is 1. The lowest BCUT2D eigenvalue weighted by molar-refractivity contribution is -0.121. The van der Waals surface area contributed by atoms with E-state index in [1.807, 2.05) is 20.2 Å². The van der Waals surface area contributed by atoms with Crippen LogP contribution in [0.15, 0.2) is 78.2 Å². The summed E-state index contributed by atoms with van der Waals surface area (Å²) < 4.78 is 1.72. The summed E-state index contributed by atoms with van der Waals surface area (Å²) in [4.78, 5) is 17.2. The molecule has 1 aliphatic heterocycles. The number of nitrogens with zero attached hydrogens (tertiary/aromatic N) is 5. The van der Waals surface area contributed by atoms with Crippen LogP contribution in [0.5, 0.6) is 0 Å². The van der Waals surface area contributed by atoms with Gasteiger partial charge in [0.25, 0.3) is 0 Å². The third-order valence-corrected chi connectivity index (χ3v) is 6.13. The molecular weight excluding hydrogens is 412 g/mol. The van der Waals surface area contributed by atoms with Gasteiger partial charge in [0.1, 0.15) is 0 Å². The number of aromatic nitrogens is 2. The van der Waals surface area contributed by atoms with Crippen molar-refractivity contribution in [1.29, 1.82) is 0 Å². The number of amides is 1. The standard InChI is InChI=1S/C26H32N6O/c1-21(24-19-27-30(2)20-24)28-29-25(33)13-14-31-15-17-32(18-16-31)26(22-9-5-3-6-10-22)23-11-7-4-8-12-23/h3-12,19-20,26H,13-18H2,1-2H3,(H,29,33)/b28-21+. The summed E-state index contributed by atoms with van der Waals surface area (Å²) in [5.41, 5.74) is 6.96. The van der Waals surface area contributed by atoms with Crippen molar-refractivity contribution in [3.63, 3.8) is 0 Å². The fraction of sp³-hybridized carbons (Fsp3) is 0.346. The molecule has 7 nitrogen and oxygen atoms in total. The lowest BCUT2D eigenvalue weighted by Gasteiger charge is -2.39. The smallest absolute Gasteiger partial charge is 0.241 e. The molecule has 0 aliphatic carbocycles. The summed E-state index contributed by atoms with van der Waals surface area (Å²) in [6.45, 7) is 6.43. The Hall–Kier alpha value is -3.29. The number of benzene rings is 2. The van der Waals surface area contributed by atoms with Crippen molar-refractivity contribution in [1.82, 2.24) is 25.0 Å². The van der Waals surface area contributed by atoms with Gasteiger partial charge in [0.05, 0.1) is 18.0 Å². The van der Waals surface area contributed by atoms with Crippen LogP contribution in [-0.2, 0) is 11.8 Å². The van der Waals surface area contributed by atoms with Crippen LogP contribution in [0.25, 0.3) is 0 Å². The van der Waals surface area contributed by atoms with Crippen molar-refractivity contribution in [3.8, 4) is 0 Å². The summed E-state index contributed by atoms with van der Waals surface area (Å²) in [6.07, 6.45) is 4.05. The zero-order valence-corrected chi connectivity index (χ0v) is 19.4. The molecule has 3 aromatic rings. The Labute approximate surface area is 195 Å². The number of carbonyl (C=O) groups is 1. The van der Waals surface area contributed by atoms with E-state index in [9.17, 15) is 4.79 Å². The van der Waals surface area contributed by atoms with E-state index in [0.717, 1.165) is 44.0 Å². The third-order valence-electron chi connectivity index (χ3n) is 6.13. The highest BCUT2D eigenvalue weighted by molar-refractivity contribution is 5.98. The number of hydrogen-bond acceptors (Lipinski definition) is 5. The second kappa shape index (κ2) is 11.0. The van der Waals surface area contributed by atoms with Gasteiger partial charge in [-0.15, -0.1) is 0 Å². The number of hydrazone groups is 1. The van der Waals surface area contributed by atoms with E-state index >= 15 is 0 Å². The fourth-order valence-corrected chi connectivity index (χ4v) is 4.26. The van der Waals surface area contributed by atoms with E-state index in [0.29, 0.717) is 6.42 Å². The first-order valence-electron chi connectivity index (χ1n) is 11.5. The summed E-state index contributed by atoms with van der Waals surface area (Å²) in [6, 6.07) is 21.7. The predicted molar refractivity (Wildman–Crippen MR) is 131 cm³/mol. The SMILES string of the molecule is C/C(=N\NC(=O)CCN1CCN(C(c2ccccc2)c2ccccc2)CC1)c1cnn(C)c1. The lowest BCUT2D eigenvalue weighted by atomic mass is 9.96. The van der Waals surface area contributed by atoms with E-state index < -0.39 is 0 Å². The third kappa shape index (κ3) is 6.15.